The van der Waals surface area contributed by atoms with Crippen molar-refractivity contribution in [1.82, 2.24) is 0 Å². The molecule has 0 spiro atoms. The minimum atomic E-state index is -0.741. The Labute approximate surface area is 112 Å². The third-order valence-electron chi connectivity index (χ3n) is 4.38. The molecule has 102 valence electrons. The van der Waals surface area contributed by atoms with Gasteiger partial charge in [-0.15, -0.1) is 11.6 Å². The zero-order valence-corrected chi connectivity index (χ0v) is 11.1. The highest BCUT2D eigenvalue weighted by atomic mass is 35.5. The van der Waals surface area contributed by atoms with Crippen LogP contribution in [0, 0.1) is 17.8 Å². The zero-order valence-electron chi connectivity index (χ0n) is 10.3. The molecule has 5 heteroatoms. The summed E-state index contributed by atoms with van der Waals surface area (Å²) in [5.41, 5.74) is 5.81. The molecule has 3 N–H and O–H groups in total. The quantitative estimate of drug-likeness (QED) is 0.752. The van der Waals surface area contributed by atoms with Crippen molar-refractivity contribution in [3.63, 3.8) is 0 Å². The summed E-state index contributed by atoms with van der Waals surface area (Å²) in [4.78, 5) is 23.2. The van der Waals surface area contributed by atoms with Crippen LogP contribution in [0.3, 0.4) is 0 Å². The molecule has 0 radical (unpaired) electrons. The zero-order chi connectivity index (χ0) is 13.3. The molecule has 0 aromatic carbocycles. The van der Waals surface area contributed by atoms with Crippen LogP contribution in [-0.2, 0) is 9.59 Å². The maximum absolute atomic E-state index is 12.1. The second kappa shape index (κ2) is 5.57. The smallest absolute Gasteiger partial charge is 0.306 e. The van der Waals surface area contributed by atoms with Crippen LogP contribution in [-0.4, -0.2) is 28.3 Å². The highest BCUT2D eigenvalue weighted by Gasteiger charge is 2.40. The van der Waals surface area contributed by atoms with Crippen LogP contribution in [0.25, 0.3) is 0 Å². The Morgan fingerprint density at radius 2 is 2.00 bits per heavy atom. The van der Waals surface area contributed by atoms with Gasteiger partial charge in [-0.05, 0) is 38.0 Å². The summed E-state index contributed by atoms with van der Waals surface area (Å²) in [6.45, 7) is 0. The Kier molecular flexibility index (Phi) is 4.28. The van der Waals surface area contributed by atoms with Crippen LogP contribution in [0.5, 0.6) is 0 Å². The van der Waals surface area contributed by atoms with Crippen molar-refractivity contribution < 1.29 is 14.7 Å². The Morgan fingerprint density at radius 1 is 1.28 bits per heavy atom. The van der Waals surface area contributed by atoms with Gasteiger partial charge >= 0.3 is 5.97 Å². The van der Waals surface area contributed by atoms with Crippen LogP contribution in [0.15, 0.2) is 0 Å². The number of halogens is 1. The maximum Gasteiger partial charge on any atom is 0.306 e. The number of aliphatic carboxylic acids is 1. The molecule has 0 aromatic rings. The second-order valence-corrected chi connectivity index (χ2v) is 6.26. The number of hydrogen-bond donors (Lipinski definition) is 2. The van der Waals surface area contributed by atoms with E-state index in [0.717, 1.165) is 19.3 Å². The molecule has 0 aliphatic heterocycles. The molecule has 0 amide bonds. The summed E-state index contributed by atoms with van der Waals surface area (Å²) in [6.07, 6.45) is 4.34. The predicted octanol–water partition coefficient (Wildman–Crippen LogP) is 1.79. The number of carboxylic acid groups (broad SMARTS) is 1. The summed E-state index contributed by atoms with van der Waals surface area (Å²) in [6, 6.07) is -0.462. The minimum absolute atomic E-state index is 0.0482. The summed E-state index contributed by atoms with van der Waals surface area (Å²) < 4.78 is 0. The number of ketones is 1. The Hall–Kier alpha value is -0.610. The van der Waals surface area contributed by atoms with Gasteiger partial charge < -0.3 is 10.8 Å². The molecular weight excluding hydrogens is 254 g/mol. The number of carbonyl (C=O) groups is 2. The normalized spacial score (nSPS) is 41.7. The number of alkyl halides is 1. The average Bonchev–Trinajstić information content (AvgIpc) is 2.34. The summed E-state index contributed by atoms with van der Waals surface area (Å²) >= 11 is 6.14. The molecule has 2 saturated carbocycles. The van der Waals surface area contributed by atoms with Crippen molar-refractivity contribution >= 4 is 23.4 Å². The first-order valence-electron chi connectivity index (χ1n) is 6.65. The second-order valence-electron chi connectivity index (χ2n) is 5.65. The molecule has 2 aliphatic carbocycles. The lowest BCUT2D eigenvalue weighted by Crippen LogP contribution is -2.46. The molecule has 5 unspecified atom stereocenters. The number of nitrogens with two attached hydrogens (primary N) is 1. The van der Waals surface area contributed by atoms with Crippen molar-refractivity contribution in [3.8, 4) is 0 Å². The molecule has 0 heterocycles. The predicted molar refractivity (Wildman–Crippen MR) is 68.4 cm³/mol. The van der Waals surface area contributed by atoms with Crippen LogP contribution in [0.1, 0.15) is 38.5 Å². The van der Waals surface area contributed by atoms with Gasteiger partial charge in [0.05, 0.1) is 12.0 Å². The Morgan fingerprint density at radius 3 is 2.67 bits per heavy atom. The van der Waals surface area contributed by atoms with E-state index in [4.69, 9.17) is 22.4 Å². The fourth-order valence-electron chi connectivity index (χ4n) is 3.40. The van der Waals surface area contributed by atoms with E-state index >= 15 is 0 Å². The fraction of sp³-hybridized carbons (Fsp3) is 0.846. The monoisotopic (exact) mass is 273 g/mol. The molecule has 2 aliphatic rings. The first-order valence-corrected chi connectivity index (χ1v) is 7.09. The molecule has 0 bridgehead atoms. The van der Waals surface area contributed by atoms with Gasteiger partial charge in [-0.2, -0.15) is 0 Å². The van der Waals surface area contributed by atoms with Gasteiger partial charge in [0.15, 0.2) is 5.78 Å². The van der Waals surface area contributed by atoms with E-state index in [1.807, 2.05) is 0 Å². The third kappa shape index (κ3) is 2.86. The van der Waals surface area contributed by atoms with Gasteiger partial charge in [-0.25, -0.2) is 0 Å². The first kappa shape index (κ1) is 13.8. The standard InChI is InChI=1S/C13H20ClNO3/c14-9-5-10(12(16)11(15)6-9)7-2-1-3-8(4-7)13(17)18/h7-11H,1-6,15H2,(H,17,18). The van der Waals surface area contributed by atoms with E-state index in [1.54, 1.807) is 0 Å². The van der Waals surface area contributed by atoms with Gasteiger partial charge in [0.2, 0.25) is 0 Å². The van der Waals surface area contributed by atoms with E-state index in [2.05, 4.69) is 0 Å². The molecule has 2 fully saturated rings. The largest absolute Gasteiger partial charge is 0.481 e. The van der Waals surface area contributed by atoms with E-state index < -0.39 is 12.0 Å². The molecule has 18 heavy (non-hydrogen) atoms. The highest BCUT2D eigenvalue weighted by Crippen LogP contribution is 2.39. The molecule has 0 aromatic heterocycles. The van der Waals surface area contributed by atoms with Crippen LogP contribution >= 0.6 is 11.6 Å². The average molecular weight is 274 g/mol. The van der Waals surface area contributed by atoms with Crippen LogP contribution < -0.4 is 5.73 Å². The van der Waals surface area contributed by atoms with Gasteiger partial charge in [-0.3, -0.25) is 9.59 Å². The number of rotatable bonds is 2. The van der Waals surface area contributed by atoms with Gasteiger partial charge in [0, 0.05) is 11.3 Å². The summed E-state index contributed by atoms with van der Waals surface area (Å²) in [7, 11) is 0. The van der Waals surface area contributed by atoms with Crippen molar-refractivity contribution in [2.24, 2.45) is 23.5 Å². The van der Waals surface area contributed by atoms with Crippen molar-refractivity contribution in [2.75, 3.05) is 0 Å². The van der Waals surface area contributed by atoms with Crippen molar-refractivity contribution in [2.45, 2.75) is 49.9 Å². The fourth-order valence-corrected chi connectivity index (χ4v) is 3.78. The van der Waals surface area contributed by atoms with Crippen LogP contribution in [0.2, 0.25) is 0 Å². The first-order chi connectivity index (χ1) is 8.49. The highest BCUT2D eigenvalue weighted by molar-refractivity contribution is 6.21. The molecule has 4 nitrogen and oxygen atoms in total. The van der Waals surface area contributed by atoms with Crippen molar-refractivity contribution in [1.29, 1.82) is 0 Å². The Balaban J connectivity index is 2.05. The van der Waals surface area contributed by atoms with Gasteiger partial charge in [0.25, 0.3) is 0 Å². The van der Waals surface area contributed by atoms with E-state index in [1.165, 1.54) is 0 Å². The van der Waals surface area contributed by atoms with Gasteiger partial charge in [-0.1, -0.05) is 6.42 Å². The molecular formula is C13H20ClNO3. The maximum atomic E-state index is 12.1. The van der Waals surface area contributed by atoms with E-state index in [9.17, 15) is 9.59 Å². The third-order valence-corrected chi connectivity index (χ3v) is 4.74. The number of Topliss-reactive ketones (excluding diaryl/α,β-unsaturated/α-hetero) is 1. The lowest BCUT2D eigenvalue weighted by molar-refractivity contribution is -0.144. The molecule has 2 rings (SSSR count). The van der Waals surface area contributed by atoms with E-state index in [0.29, 0.717) is 19.3 Å². The molecule has 5 atom stereocenters. The lowest BCUT2D eigenvalue weighted by Gasteiger charge is -2.37. The summed E-state index contributed by atoms with van der Waals surface area (Å²) in [5, 5.41) is 9.04. The number of carbonyl (C=O) groups excluding carboxylic acids is 1. The van der Waals surface area contributed by atoms with Gasteiger partial charge in [0.1, 0.15) is 0 Å². The number of hydrogen-bond acceptors (Lipinski definition) is 3. The van der Waals surface area contributed by atoms with Crippen molar-refractivity contribution in [3.05, 3.63) is 0 Å². The summed E-state index contributed by atoms with van der Waals surface area (Å²) in [5.74, 6) is -0.931. The minimum Gasteiger partial charge on any atom is -0.481 e. The topological polar surface area (TPSA) is 80.4 Å². The Bertz CT molecular complexity index is 347. The lowest BCUT2D eigenvalue weighted by atomic mass is 9.69. The molecule has 0 saturated heterocycles. The van der Waals surface area contributed by atoms with E-state index in [-0.39, 0.29) is 28.9 Å². The SMILES string of the molecule is NC1CC(Cl)CC(C2CCCC(C(=O)O)C2)C1=O. The number of carboxylic acids is 1. The van der Waals surface area contributed by atoms with Crippen LogP contribution in [0.4, 0.5) is 0 Å².